The van der Waals surface area contributed by atoms with Gasteiger partial charge in [0.2, 0.25) is 0 Å². The van der Waals surface area contributed by atoms with Crippen LogP contribution in [0.5, 0.6) is 34.5 Å². The Balaban J connectivity index is 0.00000387. The number of para-hydroxylation sites is 4. The van der Waals surface area contributed by atoms with Gasteiger partial charge in [-0.2, -0.15) is 9.13 Å². The van der Waals surface area contributed by atoms with Gasteiger partial charge < -0.3 is 27.1 Å². The fraction of sp³-hybridized carbons (Fsp3) is 0.0323. The summed E-state index contributed by atoms with van der Waals surface area (Å²) in [4.78, 5) is 0. The lowest BCUT2D eigenvalue weighted by molar-refractivity contribution is 0.295. The van der Waals surface area contributed by atoms with Crippen LogP contribution in [0.3, 0.4) is 0 Å². The van der Waals surface area contributed by atoms with Crippen LogP contribution >= 0.6 is 15.6 Å². The summed E-state index contributed by atoms with van der Waals surface area (Å²) in [7, 11) is -8.51. The van der Waals surface area contributed by atoms with Gasteiger partial charge in [0.05, 0.1) is 0 Å². The van der Waals surface area contributed by atoms with E-state index in [0.717, 1.165) is 0 Å². The monoisotopic (exact) mass is 590 g/mol. The van der Waals surface area contributed by atoms with Crippen molar-refractivity contribution in [2.75, 3.05) is 0 Å². The van der Waals surface area contributed by atoms with Crippen molar-refractivity contribution in [2.24, 2.45) is 0 Å². The highest BCUT2D eigenvalue weighted by Gasteiger charge is 2.35. The Hall–Kier alpha value is -4.64. The molecule has 0 fully saturated rings. The maximum atomic E-state index is 13.8. The third kappa shape index (κ3) is 8.67. The van der Waals surface area contributed by atoms with Crippen molar-refractivity contribution < 1.29 is 36.3 Å². The highest BCUT2D eigenvalue weighted by molar-refractivity contribution is 7.50. The molecule has 0 saturated heterocycles. The van der Waals surface area contributed by atoms with Gasteiger partial charge in [-0.15, -0.1) is 0 Å². The molecule has 0 bridgehead atoms. The number of hydrogen-bond donors (Lipinski definition) is 0. The first kappa shape index (κ1) is 29.3. The van der Waals surface area contributed by atoms with Gasteiger partial charge >= 0.3 is 15.6 Å². The number of rotatable bonds is 12. The van der Waals surface area contributed by atoms with Gasteiger partial charge in [0, 0.05) is 6.07 Å². The normalized spacial score (nSPS) is 10.9. The fourth-order valence-electron chi connectivity index (χ4n) is 3.40. The molecule has 0 atom stereocenters. The molecule has 0 unspecified atom stereocenters. The van der Waals surface area contributed by atoms with Gasteiger partial charge in [0.1, 0.15) is 34.5 Å². The number of hydrogen-bond acceptors (Lipinski definition) is 8. The summed E-state index contributed by atoms with van der Waals surface area (Å²) in [6.07, 6.45) is 0. The predicted octanol–water partition coefficient (Wildman–Crippen LogP) is 9.61. The third-order valence-corrected chi connectivity index (χ3v) is 7.69. The molecule has 210 valence electrons. The zero-order valence-electron chi connectivity index (χ0n) is 21.0. The average molecular weight is 591 g/mol. The standard InChI is InChI=1S/C30H24O8P2.CH4/c31-39(33-25-14-5-1-6-15-25,34-26-16-7-2-8-17-26)37-29-22-13-23-30(24-29)38-40(32,35-27-18-9-3-10-19-27)36-28-20-11-4-12-21-28;/h1-24H;1H4. The van der Waals surface area contributed by atoms with Gasteiger partial charge in [-0.1, -0.05) is 86.3 Å². The molecule has 0 aromatic heterocycles. The molecule has 0 heterocycles. The summed E-state index contributed by atoms with van der Waals surface area (Å²) < 4.78 is 61.8. The van der Waals surface area contributed by atoms with E-state index in [1.165, 1.54) is 18.2 Å². The molecule has 0 aliphatic rings. The maximum Gasteiger partial charge on any atom is 0.647 e. The van der Waals surface area contributed by atoms with Crippen molar-refractivity contribution in [1.82, 2.24) is 0 Å². The minimum atomic E-state index is -4.25. The second kappa shape index (κ2) is 13.6. The van der Waals surface area contributed by atoms with Crippen LogP contribution in [0.15, 0.2) is 146 Å². The van der Waals surface area contributed by atoms with E-state index in [0.29, 0.717) is 0 Å². The molecule has 8 nitrogen and oxygen atoms in total. The lowest BCUT2D eigenvalue weighted by Crippen LogP contribution is -2.09. The van der Waals surface area contributed by atoms with E-state index in [2.05, 4.69) is 0 Å². The SMILES string of the molecule is C.O=P(Oc1ccccc1)(Oc1ccccc1)Oc1cccc(OP(=O)(Oc2ccccc2)Oc2ccccc2)c1. The minimum Gasteiger partial charge on any atom is -0.386 e. The van der Waals surface area contributed by atoms with Crippen molar-refractivity contribution in [1.29, 1.82) is 0 Å². The van der Waals surface area contributed by atoms with E-state index in [1.807, 2.05) is 0 Å². The zero-order valence-corrected chi connectivity index (χ0v) is 22.8. The number of phosphoric ester groups is 2. The van der Waals surface area contributed by atoms with Gasteiger partial charge in [-0.3, -0.25) is 0 Å². The van der Waals surface area contributed by atoms with E-state index >= 15 is 0 Å². The van der Waals surface area contributed by atoms with Gasteiger partial charge in [0.15, 0.2) is 0 Å². The molecule has 0 radical (unpaired) electrons. The molecule has 0 N–H and O–H groups in total. The highest BCUT2D eigenvalue weighted by Crippen LogP contribution is 2.52. The molecule has 0 amide bonds. The molecule has 41 heavy (non-hydrogen) atoms. The Morgan fingerprint density at radius 2 is 0.537 bits per heavy atom. The topological polar surface area (TPSA) is 89.5 Å². The van der Waals surface area contributed by atoms with Gasteiger partial charge in [0.25, 0.3) is 0 Å². The first-order valence-corrected chi connectivity index (χ1v) is 15.1. The molecular weight excluding hydrogens is 562 g/mol. The zero-order chi connectivity index (χ0) is 27.7. The average Bonchev–Trinajstić information content (AvgIpc) is 2.95. The van der Waals surface area contributed by atoms with Crippen LogP contribution in [0.2, 0.25) is 0 Å². The summed E-state index contributed by atoms with van der Waals surface area (Å²) in [6.45, 7) is 0. The summed E-state index contributed by atoms with van der Waals surface area (Å²) >= 11 is 0. The van der Waals surface area contributed by atoms with Gasteiger partial charge in [-0.05, 0) is 60.7 Å². The molecule has 0 saturated carbocycles. The first-order valence-electron chi connectivity index (χ1n) is 12.1. The Bertz CT molecular complexity index is 1390. The lowest BCUT2D eigenvalue weighted by atomic mass is 10.3. The maximum absolute atomic E-state index is 13.8. The van der Waals surface area contributed by atoms with E-state index in [9.17, 15) is 9.13 Å². The second-order valence-electron chi connectivity index (χ2n) is 8.17. The first-order chi connectivity index (χ1) is 19.5. The van der Waals surface area contributed by atoms with Crippen LogP contribution < -0.4 is 27.1 Å². The van der Waals surface area contributed by atoms with Crippen LogP contribution in [-0.2, 0) is 9.13 Å². The van der Waals surface area contributed by atoms with E-state index < -0.39 is 15.6 Å². The van der Waals surface area contributed by atoms with Crippen LogP contribution in [0.4, 0.5) is 0 Å². The summed E-state index contributed by atoms with van der Waals surface area (Å²) in [5.41, 5.74) is 0. The fourth-order valence-corrected chi connectivity index (χ4v) is 5.89. The van der Waals surface area contributed by atoms with Crippen LogP contribution in [-0.4, -0.2) is 0 Å². The van der Waals surface area contributed by atoms with Crippen molar-refractivity contribution in [3.05, 3.63) is 146 Å². The molecule has 5 aromatic rings. The second-order valence-corrected chi connectivity index (χ2v) is 11.1. The van der Waals surface area contributed by atoms with Crippen LogP contribution in [0, 0.1) is 0 Å². The Labute approximate surface area is 239 Å². The van der Waals surface area contributed by atoms with Gasteiger partial charge in [-0.25, -0.2) is 0 Å². The van der Waals surface area contributed by atoms with Crippen molar-refractivity contribution in [3.8, 4) is 34.5 Å². The minimum absolute atomic E-state index is 0. The summed E-state index contributed by atoms with van der Waals surface area (Å²) in [5, 5.41) is 0. The van der Waals surface area contributed by atoms with Crippen molar-refractivity contribution in [2.45, 2.75) is 7.43 Å². The molecule has 10 heteroatoms. The van der Waals surface area contributed by atoms with E-state index in [1.54, 1.807) is 127 Å². The molecule has 5 rings (SSSR count). The predicted molar refractivity (Wildman–Crippen MR) is 158 cm³/mol. The summed E-state index contributed by atoms with van der Waals surface area (Å²) in [5.74, 6) is 1.27. The molecule has 0 aliphatic heterocycles. The largest absolute Gasteiger partial charge is 0.647 e. The molecular formula is C31H28O8P2. The Kier molecular flexibility index (Phi) is 9.75. The Morgan fingerprint density at radius 1 is 0.317 bits per heavy atom. The number of phosphoric acid groups is 2. The van der Waals surface area contributed by atoms with Crippen molar-refractivity contribution in [3.63, 3.8) is 0 Å². The summed E-state index contributed by atoms with van der Waals surface area (Å²) in [6, 6.07) is 40.0. The van der Waals surface area contributed by atoms with E-state index in [-0.39, 0.29) is 41.9 Å². The molecule has 5 aromatic carbocycles. The lowest BCUT2D eigenvalue weighted by Gasteiger charge is -2.21. The molecule has 0 aliphatic carbocycles. The van der Waals surface area contributed by atoms with Crippen molar-refractivity contribution >= 4 is 15.6 Å². The van der Waals surface area contributed by atoms with Crippen LogP contribution in [0.1, 0.15) is 7.43 Å². The smallest absolute Gasteiger partial charge is 0.386 e. The quantitative estimate of drug-likeness (QED) is 0.133. The third-order valence-electron chi connectivity index (χ3n) is 5.08. The molecule has 0 spiro atoms. The Morgan fingerprint density at radius 3 is 0.805 bits per heavy atom. The van der Waals surface area contributed by atoms with E-state index in [4.69, 9.17) is 27.1 Å². The number of benzene rings is 5. The highest BCUT2D eigenvalue weighted by atomic mass is 31.2. The van der Waals surface area contributed by atoms with Crippen LogP contribution in [0.25, 0.3) is 0 Å².